The second-order valence-electron chi connectivity index (χ2n) is 4.07. The summed E-state index contributed by atoms with van der Waals surface area (Å²) in [4.78, 5) is 14.3. The van der Waals surface area contributed by atoms with Crippen molar-refractivity contribution < 1.29 is 9.31 Å². The lowest BCUT2D eigenvalue weighted by Crippen LogP contribution is -2.03. The summed E-state index contributed by atoms with van der Waals surface area (Å²) in [6.07, 6.45) is 1.11. The Morgan fingerprint density at radius 1 is 1.35 bits per heavy atom. The van der Waals surface area contributed by atoms with E-state index in [4.69, 9.17) is 0 Å². The van der Waals surface area contributed by atoms with Gasteiger partial charge in [0.1, 0.15) is 17.3 Å². The van der Waals surface area contributed by atoms with Crippen LogP contribution in [0.4, 0.5) is 21.6 Å². The first-order chi connectivity index (χ1) is 9.60. The van der Waals surface area contributed by atoms with E-state index in [9.17, 15) is 14.5 Å². The minimum atomic E-state index is -0.439. The van der Waals surface area contributed by atoms with Crippen LogP contribution >= 0.6 is 0 Å². The largest absolute Gasteiger partial charge is 0.383 e. The molecule has 0 saturated carbocycles. The molecule has 0 bridgehead atoms. The van der Waals surface area contributed by atoms with Gasteiger partial charge in [0, 0.05) is 19.7 Å². The Labute approximate surface area is 114 Å². The van der Waals surface area contributed by atoms with E-state index < -0.39 is 10.7 Å². The second kappa shape index (κ2) is 5.96. The third-order valence-electron chi connectivity index (χ3n) is 2.73. The molecule has 0 fully saturated rings. The number of hydrogen-bond donors (Lipinski definition) is 2. The fourth-order valence-electron chi connectivity index (χ4n) is 1.72. The molecule has 0 spiro atoms. The number of nitrogens with one attached hydrogen (secondary N) is 2. The Morgan fingerprint density at radius 2 is 2.15 bits per heavy atom. The molecular weight excluding hydrogens is 263 g/mol. The molecule has 0 aliphatic heterocycles. The molecule has 0 radical (unpaired) electrons. The first-order valence-corrected chi connectivity index (χ1v) is 5.90. The maximum absolute atomic E-state index is 12.7. The number of rotatable bonds is 5. The van der Waals surface area contributed by atoms with Crippen LogP contribution in [0.5, 0.6) is 0 Å². The average molecular weight is 276 g/mol. The number of benzene rings is 1. The second-order valence-corrected chi connectivity index (χ2v) is 4.07. The fourth-order valence-corrected chi connectivity index (χ4v) is 1.72. The van der Waals surface area contributed by atoms with Gasteiger partial charge >= 0.3 is 0 Å². The van der Waals surface area contributed by atoms with Gasteiger partial charge in [-0.2, -0.15) is 0 Å². The lowest BCUT2D eigenvalue weighted by molar-refractivity contribution is -0.384. The highest BCUT2D eigenvalue weighted by Crippen LogP contribution is 2.25. The Kier molecular flexibility index (Phi) is 4.09. The molecule has 6 nitrogen and oxygen atoms in total. The van der Waals surface area contributed by atoms with Crippen LogP contribution in [-0.4, -0.2) is 17.0 Å². The zero-order valence-corrected chi connectivity index (χ0v) is 10.8. The smallest absolute Gasteiger partial charge is 0.292 e. The standard InChI is InChI=1S/C13H13FN4O2/c1-15-11-4-2-9(6-12(11)18(19)20)7-16-13-5-3-10(14)8-17-13/h2-6,8,15H,7H2,1H3,(H,16,17). The van der Waals surface area contributed by atoms with Crippen molar-refractivity contribution >= 4 is 17.2 Å². The molecule has 1 aromatic carbocycles. The first-order valence-electron chi connectivity index (χ1n) is 5.90. The molecule has 2 rings (SSSR count). The SMILES string of the molecule is CNc1ccc(CNc2ccc(F)cn2)cc1[N+](=O)[O-]. The molecule has 0 aliphatic carbocycles. The summed E-state index contributed by atoms with van der Waals surface area (Å²) in [5.74, 6) is 0.0938. The Hall–Kier alpha value is -2.70. The number of pyridine rings is 1. The van der Waals surface area contributed by atoms with Crippen LogP contribution in [0.15, 0.2) is 36.5 Å². The van der Waals surface area contributed by atoms with Crippen molar-refractivity contribution in [3.8, 4) is 0 Å². The predicted octanol–water partition coefficient (Wildman–Crippen LogP) is 2.78. The van der Waals surface area contributed by atoms with Crippen LogP contribution in [0, 0.1) is 15.9 Å². The van der Waals surface area contributed by atoms with Crippen LogP contribution in [0.25, 0.3) is 0 Å². The number of aromatic nitrogens is 1. The number of halogens is 1. The molecule has 0 saturated heterocycles. The molecule has 0 amide bonds. The van der Waals surface area contributed by atoms with E-state index in [-0.39, 0.29) is 5.69 Å². The van der Waals surface area contributed by atoms with Crippen molar-refractivity contribution in [2.45, 2.75) is 6.54 Å². The maximum Gasteiger partial charge on any atom is 0.292 e. The van der Waals surface area contributed by atoms with E-state index in [0.29, 0.717) is 18.1 Å². The van der Waals surface area contributed by atoms with E-state index >= 15 is 0 Å². The third-order valence-corrected chi connectivity index (χ3v) is 2.73. The zero-order chi connectivity index (χ0) is 14.5. The highest BCUT2D eigenvalue weighted by Gasteiger charge is 2.13. The minimum Gasteiger partial charge on any atom is -0.383 e. The fraction of sp³-hybridized carbons (Fsp3) is 0.154. The average Bonchev–Trinajstić information content (AvgIpc) is 2.46. The van der Waals surface area contributed by atoms with E-state index in [1.54, 1.807) is 19.2 Å². The summed E-state index contributed by atoms with van der Waals surface area (Å²) in [6, 6.07) is 7.71. The van der Waals surface area contributed by atoms with Crippen LogP contribution < -0.4 is 10.6 Å². The molecule has 7 heteroatoms. The maximum atomic E-state index is 12.7. The van der Waals surface area contributed by atoms with Crippen LogP contribution in [-0.2, 0) is 6.54 Å². The lowest BCUT2D eigenvalue weighted by Gasteiger charge is -2.07. The highest BCUT2D eigenvalue weighted by atomic mass is 19.1. The quantitative estimate of drug-likeness (QED) is 0.648. The van der Waals surface area contributed by atoms with Crippen molar-refractivity contribution in [1.29, 1.82) is 0 Å². The highest BCUT2D eigenvalue weighted by molar-refractivity contribution is 5.62. The minimum absolute atomic E-state index is 0.0128. The first kappa shape index (κ1) is 13.7. The van der Waals surface area contributed by atoms with Gasteiger partial charge in [0.15, 0.2) is 0 Å². The van der Waals surface area contributed by atoms with Gasteiger partial charge in [-0.1, -0.05) is 6.07 Å². The summed E-state index contributed by atoms with van der Waals surface area (Å²) >= 11 is 0. The molecule has 2 N–H and O–H groups in total. The van der Waals surface area contributed by atoms with Gasteiger partial charge in [0.05, 0.1) is 11.1 Å². The van der Waals surface area contributed by atoms with Gasteiger partial charge in [0.25, 0.3) is 5.69 Å². The number of hydrogen-bond acceptors (Lipinski definition) is 5. The Bertz CT molecular complexity index is 616. The molecule has 1 heterocycles. The molecule has 20 heavy (non-hydrogen) atoms. The van der Waals surface area contributed by atoms with Gasteiger partial charge in [-0.15, -0.1) is 0 Å². The van der Waals surface area contributed by atoms with Gasteiger partial charge in [-0.05, 0) is 23.8 Å². The Morgan fingerprint density at radius 3 is 2.75 bits per heavy atom. The van der Waals surface area contributed by atoms with Gasteiger partial charge in [-0.25, -0.2) is 9.37 Å². The van der Waals surface area contributed by atoms with Crippen molar-refractivity contribution in [2.75, 3.05) is 17.7 Å². The van der Waals surface area contributed by atoms with E-state index in [2.05, 4.69) is 15.6 Å². The van der Waals surface area contributed by atoms with Crippen molar-refractivity contribution in [3.63, 3.8) is 0 Å². The normalized spacial score (nSPS) is 10.1. The lowest BCUT2D eigenvalue weighted by atomic mass is 10.1. The third kappa shape index (κ3) is 3.19. The van der Waals surface area contributed by atoms with Crippen LogP contribution in [0.3, 0.4) is 0 Å². The summed E-state index contributed by atoms with van der Waals surface area (Å²) < 4.78 is 12.7. The summed E-state index contributed by atoms with van der Waals surface area (Å²) in [7, 11) is 1.63. The zero-order valence-electron chi connectivity index (χ0n) is 10.8. The van der Waals surface area contributed by atoms with E-state index in [1.807, 2.05) is 0 Å². The molecule has 2 aromatic rings. The van der Waals surface area contributed by atoms with E-state index in [1.165, 1.54) is 18.2 Å². The Balaban J connectivity index is 2.11. The van der Waals surface area contributed by atoms with Crippen molar-refractivity contribution in [2.24, 2.45) is 0 Å². The molecule has 0 unspecified atom stereocenters. The van der Waals surface area contributed by atoms with Crippen LogP contribution in [0.1, 0.15) is 5.56 Å². The number of anilines is 2. The topological polar surface area (TPSA) is 80.1 Å². The van der Waals surface area contributed by atoms with Gasteiger partial charge in [0.2, 0.25) is 0 Å². The van der Waals surface area contributed by atoms with Crippen LogP contribution in [0.2, 0.25) is 0 Å². The molecule has 0 atom stereocenters. The summed E-state index contributed by atoms with van der Waals surface area (Å²) in [5, 5.41) is 16.7. The van der Waals surface area contributed by atoms with Gasteiger partial charge in [-0.3, -0.25) is 10.1 Å². The monoisotopic (exact) mass is 276 g/mol. The molecular formula is C13H13FN4O2. The summed E-state index contributed by atoms with van der Waals surface area (Å²) in [6.45, 7) is 0.365. The number of nitro groups is 1. The van der Waals surface area contributed by atoms with Crippen molar-refractivity contribution in [1.82, 2.24) is 4.98 Å². The molecule has 1 aromatic heterocycles. The van der Waals surface area contributed by atoms with Crippen molar-refractivity contribution in [3.05, 3.63) is 58.0 Å². The predicted molar refractivity (Wildman–Crippen MR) is 74.2 cm³/mol. The van der Waals surface area contributed by atoms with Gasteiger partial charge < -0.3 is 10.6 Å². The summed E-state index contributed by atoms with van der Waals surface area (Å²) in [5.41, 5.74) is 1.21. The molecule has 104 valence electrons. The van der Waals surface area contributed by atoms with E-state index in [0.717, 1.165) is 11.8 Å². The molecule has 0 aliphatic rings. The number of nitrogens with zero attached hydrogens (tertiary/aromatic N) is 2. The number of nitro benzene ring substituents is 1.